The molecule has 2 aliphatic heterocycles. The Labute approximate surface area is 158 Å². The van der Waals surface area contributed by atoms with E-state index in [0.29, 0.717) is 60.9 Å². The van der Waals surface area contributed by atoms with Gasteiger partial charge in [0.15, 0.2) is 11.5 Å². The van der Waals surface area contributed by atoms with E-state index < -0.39 is 0 Å². The van der Waals surface area contributed by atoms with Gasteiger partial charge >= 0.3 is 0 Å². The van der Waals surface area contributed by atoms with Crippen molar-refractivity contribution in [1.82, 2.24) is 9.80 Å². The van der Waals surface area contributed by atoms with Gasteiger partial charge in [0.1, 0.15) is 18.1 Å². The molecule has 0 bridgehead atoms. The highest BCUT2D eigenvalue weighted by Crippen LogP contribution is 2.40. The van der Waals surface area contributed by atoms with Crippen molar-refractivity contribution in [2.45, 2.75) is 39.2 Å². The maximum atomic E-state index is 13.2. The highest BCUT2D eigenvalue weighted by atomic mass is 32.1. The van der Waals surface area contributed by atoms with Crippen LogP contribution < -0.4 is 9.47 Å². The highest BCUT2D eigenvalue weighted by molar-refractivity contribution is 7.12. The molecule has 0 N–H and O–H groups in total. The molecule has 0 aromatic carbocycles. The topological polar surface area (TPSA) is 59.1 Å². The van der Waals surface area contributed by atoms with Gasteiger partial charge in [0.2, 0.25) is 5.91 Å². The molecule has 7 heteroatoms. The first-order valence-corrected chi connectivity index (χ1v) is 10.4. The van der Waals surface area contributed by atoms with Crippen LogP contribution in [0.25, 0.3) is 0 Å². The zero-order chi connectivity index (χ0) is 18.3. The third-order valence-corrected chi connectivity index (χ3v) is 6.36. The molecule has 142 valence electrons. The fourth-order valence-corrected chi connectivity index (χ4v) is 4.60. The first-order chi connectivity index (χ1) is 12.5. The van der Waals surface area contributed by atoms with Crippen LogP contribution >= 0.6 is 11.3 Å². The zero-order valence-corrected chi connectivity index (χ0v) is 16.2. The van der Waals surface area contributed by atoms with Crippen molar-refractivity contribution in [1.29, 1.82) is 0 Å². The number of ether oxygens (including phenoxy) is 2. The van der Waals surface area contributed by atoms with Crippen molar-refractivity contribution in [2.24, 2.45) is 11.8 Å². The van der Waals surface area contributed by atoms with Gasteiger partial charge in [-0.2, -0.15) is 0 Å². The van der Waals surface area contributed by atoms with E-state index in [2.05, 4.69) is 13.8 Å². The average Bonchev–Trinajstić information content (AvgIpc) is 3.38. The summed E-state index contributed by atoms with van der Waals surface area (Å²) in [6.45, 7) is 7.14. The number of fused-ring (bicyclic) bond motifs is 1. The van der Waals surface area contributed by atoms with Crippen molar-refractivity contribution in [3.63, 3.8) is 0 Å². The van der Waals surface area contributed by atoms with Gasteiger partial charge in [-0.05, 0) is 24.7 Å². The fraction of sp³-hybridized carbons (Fsp3) is 0.684. The van der Waals surface area contributed by atoms with Gasteiger partial charge in [-0.25, -0.2) is 0 Å². The number of carbonyl (C=O) groups is 2. The molecule has 1 unspecified atom stereocenters. The molecule has 1 aliphatic carbocycles. The van der Waals surface area contributed by atoms with E-state index in [1.54, 1.807) is 0 Å². The van der Waals surface area contributed by atoms with Crippen LogP contribution in [-0.2, 0) is 4.79 Å². The summed E-state index contributed by atoms with van der Waals surface area (Å²) >= 11 is 1.37. The van der Waals surface area contributed by atoms with Crippen molar-refractivity contribution < 1.29 is 19.1 Å². The molecule has 1 saturated carbocycles. The molecule has 0 radical (unpaired) electrons. The molecule has 6 nitrogen and oxygen atoms in total. The zero-order valence-electron chi connectivity index (χ0n) is 15.4. The van der Waals surface area contributed by atoms with Crippen LogP contribution in [0.2, 0.25) is 0 Å². The van der Waals surface area contributed by atoms with Gasteiger partial charge in [0, 0.05) is 31.4 Å². The lowest BCUT2D eigenvalue weighted by Crippen LogP contribution is -2.48. The molecular formula is C19H26N2O4S. The first-order valence-electron chi connectivity index (χ1n) is 9.50. The predicted molar refractivity (Wildman–Crippen MR) is 98.9 cm³/mol. The Morgan fingerprint density at radius 1 is 1.31 bits per heavy atom. The summed E-state index contributed by atoms with van der Waals surface area (Å²) in [5.74, 6) is 2.32. The largest absolute Gasteiger partial charge is 0.485 e. The normalized spacial score (nSPS) is 23.3. The quantitative estimate of drug-likeness (QED) is 0.808. The summed E-state index contributed by atoms with van der Waals surface area (Å²) in [5, 5.41) is 1.84. The van der Waals surface area contributed by atoms with Crippen LogP contribution in [0.1, 0.15) is 42.8 Å². The van der Waals surface area contributed by atoms with Gasteiger partial charge in [-0.15, -0.1) is 11.3 Å². The summed E-state index contributed by atoms with van der Waals surface area (Å²) in [6.07, 6.45) is 2.83. The van der Waals surface area contributed by atoms with Crippen molar-refractivity contribution in [2.75, 3.05) is 32.8 Å². The Bertz CT molecular complexity index is 698. The minimum atomic E-state index is -0.0477. The molecule has 1 atom stereocenters. The summed E-state index contributed by atoms with van der Waals surface area (Å²) in [5.41, 5.74) is 0. The third kappa shape index (κ3) is 3.41. The number of carbonyl (C=O) groups excluding carboxylic acids is 2. The summed E-state index contributed by atoms with van der Waals surface area (Å²) in [7, 11) is 0. The number of hydrogen-bond acceptors (Lipinski definition) is 5. The molecule has 3 aliphatic rings. The molecule has 2 fully saturated rings. The van der Waals surface area contributed by atoms with E-state index in [9.17, 15) is 9.59 Å². The highest BCUT2D eigenvalue weighted by Gasteiger charge is 2.38. The monoisotopic (exact) mass is 378 g/mol. The minimum Gasteiger partial charge on any atom is -0.485 e. The molecular weight excluding hydrogens is 352 g/mol. The van der Waals surface area contributed by atoms with Crippen LogP contribution in [0.4, 0.5) is 0 Å². The van der Waals surface area contributed by atoms with E-state index in [4.69, 9.17) is 9.47 Å². The van der Waals surface area contributed by atoms with Crippen molar-refractivity contribution in [3.8, 4) is 11.5 Å². The van der Waals surface area contributed by atoms with E-state index in [1.807, 2.05) is 15.2 Å². The van der Waals surface area contributed by atoms with Crippen LogP contribution in [0.15, 0.2) is 5.38 Å². The lowest BCUT2D eigenvalue weighted by molar-refractivity contribution is -0.133. The second-order valence-electron chi connectivity index (χ2n) is 7.76. The third-order valence-electron chi connectivity index (χ3n) is 5.43. The van der Waals surface area contributed by atoms with Gasteiger partial charge in [-0.1, -0.05) is 13.8 Å². The van der Waals surface area contributed by atoms with Crippen LogP contribution in [-0.4, -0.2) is 60.5 Å². The maximum Gasteiger partial charge on any atom is 0.267 e. The van der Waals surface area contributed by atoms with E-state index in [-0.39, 0.29) is 17.9 Å². The predicted octanol–water partition coefficient (Wildman–Crippen LogP) is 2.63. The molecule has 26 heavy (non-hydrogen) atoms. The van der Waals surface area contributed by atoms with Crippen molar-refractivity contribution >= 4 is 23.2 Å². The smallest absolute Gasteiger partial charge is 0.267 e. The number of amides is 2. The van der Waals surface area contributed by atoms with Gasteiger partial charge in [0.25, 0.3) is 5.91 Å². The maximum absolute atomic E-state index is 13.2. The number of hydrogen-bond donors (Lipinski definition) is 0. The SMILES string of the molecule is CC(C)C1CN(C(=O)c2scc3c2OCCO3)CCC(=O)N1CC1CC1. The molecule has 1 saturated heterocycles. The molecule has 4 rings (SSSR count). The van der Waals surface area contributed by atoms with E-state index in [1.165, 1.54) is 24.2 Å². The summed E-state index contributed by atoms with van der Waals surface area (Å²) in [6, 6.07) is 0.0718. The van der Waals surface area contributed by atoms with E-state index in [0.717, 1.165) is 6.54 Å². The number of thiophene rings is 1. The minimum absolute atomic E-state index is 0.0477. The molecule has 0 spiro atoms. The molecule has 2 amide bonds. The van der Waals surface area contributed by atoms with Crippen molar-refractivity contribution in [3.05, 3.63) is 10.3 Å². The Balaban J connectivity index is 1.55. The lowest BCUT2D eigenvalue weighted by atomic mass is 10.0. The number of rotatable bonds is 4. The Kier molecular flexibility index (Phi) is 4.82. The Morgan fingerprint density at radius 3 is 2.81 bits per heavy atom. The van der Waals surface area contributed by atoms with Crippen LogP contribution in [0.5, 0.6) is 11.5 Å². The van der Waals surface area contributed by atoms with E-state index >= 15 is 0 Å². The van der Waals surface area contributed by atoms with Gasteiger partial charge in [0.05, 0.1) is 6.04 Å². The second-order valence-corrected chi connectivity index (χ2v) is 8.64. The molecule has 3 heterocycles. The summed E-state index contributed by atoms with van der Waals surface area (Å²) < 4.78 is 11.2. The first kappa shape index (κ1) is 17.6. The standard InChI is InChI=1S/C19H26N2O4S/c1-12(2)14-10-20(6-5-16(22)21(14)9-13-3-4-13)19(23)18-17-15(11-26-18)24-7-8-25-17/h11-14H,3-10H2,1-2H3. The molecule has 1 aromatic rings. The Hall–Kier alpha value is -1.76. The van der Waals surface area contributed by atoms with Gasteiger partial charge in [-0.3, -0.25) is 9.59 Å². The van der Waals surface area contributed by atoms with Crippen LogP contribution in [0, 0.1) is 11.8 Å². The molecule has 1 aromatic heterocycles. The average molecular weight is 378 g/mol. The van der Waals surface area contributed by atoms with Gasteiger partial charge < -0.3 is 19.3 Å². The Morgan fingerprint density at radius 2 is 2.08 bits per heavy atom. The lowest BCUT2D eigenvalue weighted by Gasteiger charge is -2.34. The van der Waals surface area contributed by atoms with Crippen LogP contribution in [0.3, 0.4) is 0 Å². The summed E-state index contributed by atoms with van der Waals surface area (Å²) in [4.78, 5) is 30.4. The number of nitrogens with zero attached hydrogens (tertiary/aromatic N) is 2. The fourth-order valence-electron chi connectivity index (χ4n) is 3.70. The second kappa shape index (κ2) is 7.10.